The summed E-state index contributed by atoms with van der Waals surface area (Å²) >= 11 is 2.54. The molecule has 4 atom stereocenters. The first-order valence-corrected chi connectivity index (χ1v) is 26.9. The number of alkyl halides is 3. The van der Waals surface area contributed by atoms with Crippen molar-refractivity contribution in [3.05, 3.63) is 173 Å². The van der Waals surface area contributed by atoms with Crippen molar-refractivity contribution in [1.29, 1.82) is 0 Å². The zero-order valence-corrected chi connectivity index (χ0v) is 42.1. The monoisotopic (exact) mass is 974 g/mol. The summed E-state index contributed by atoms with van der Waals surface area (Å²) in [6.45, 7) is 20.0. The van der Waals surface area contributed by atoms with Crippen LogP contribution in [0.4, 0.5) is 13.2 Å². The van der Waals surface area contributed by atoms with Crippen molar-refractivity contribution in [2.45, 2.75) is 112 Å². The van der Waals surface area contributed by atoms with E-state index in [0.717, 1.165) is 53.1 Å². The Morgan fingerprint density at radius 3 is 1.38 bits per heavy atom. The molecule has 0 radical (unpaired) electrons. The first-order valence-electron chi connectivity index (χ1n) is 19.8. The Balaban J connectivity index is 0.000000382. The number of benzene rings is 4. The molecule has 4 aromatic carbocycles. The number of aryl methyl sites for hydroxylation is 3. The second-order valence-electron chi connectivity index (χ2n) is 16.3. The quantitative estimate of drug-likeness (QED) is 0.180. The average Bonchev–Trinajstić information content (AvgIpc) is 3.79. The molecule has 3 aliphatic rings. The Hall–Kier alpha value is -1.91. The summed E-state index contributed by atoms with van der Waals surface area (Å²) < 4.78 is 39.0. The van der Waals surface area contributed by atoms with Gasteiger partial charge in [-0.05, 0) is 143 Å². The van der Waals surface area contributed by atoms with E-state index >= 15 is 0 Å². The van der Waals surface area contributed by atoms with Crippen LogP contribution in [0.25, 0.3) is 5.57 Å². The van der Waals surface area contributed by atoms with E-state index in [1.165, 1.54) is 63.9 Å². The van der Waals surface area contributed by atoms with Gasteiger partial charge in [-0.2, -0.15) is 13.2 Å². The molecule has 0 saturated heterocycles. The molecule has 0 heterocycles. The van der Waals surface area contributed by atoms with Crippen LogP contribution in [0.5, 0.6) is 0 Å². The van der Waals surface area contributed by atoms with E-state index in [0.29, 0.717) is 17.8 Å². The van der Waals surface area contributed by atoms with Crippen LogP contribution < -0.4 is 0 Å². The van der Waals surface area contributed by atoms with Crippen LogP contribution >= 0.6 is 33.0 Å². The summed E-state index contributed by atoms with van der Waals surface area (Å²) in [5, 5.41) is 0. The molecule has 0 N–H and O–H groups in total. The maximum atomic E-state index is 12.6. The minimum atomic E-state index is -4.23. The number of rotatable bonds is 3. The Morgan fingerprint density at radius 1 is 0.586 bits per heavy atom. The van der Waals surface area contributed by atoms with E-state index in [1.807, 2.05) is 18.2 Å². The summed E-state index contributed by atoms with van der Waals surface area (Å²) in [6, 6.07) is 31.8. The molecule has 58 heavy (non-hydrogen) atoms. The van der Waals surface area contributed by atoms with E-state index in [2.05, 4.69) is 145 Å². The van der Waals surface area contributed by atoms with Gasteiger partial charge in [0.2, 0.25) is 0 Å². The van der Waals surface area contributed by atoms with Crippen molar-refractivity contribution in [3.63, 3.8) is 0 Å². The summed E-state index contributed by atoms with van der Waals surface area (Å²) in [5.74, 6) is 4.13. The zero-order chi connectivity index (χ0) is 41.6. The first kappa shape index (κ1) is 54.1. The van der Waals surface area contributed by atoms with Gasteiger partial charge in [0.1, 0.15) is 0 Å². The third-order valence-electron chi connectivity index (χ3n) is 11.7. The summed E-state index contributed by atoms with van der Waals surface area (Å²) in [7, 11) is 9.87. The van der Waals surface area contributed by atoms with Crippen LogP contribution in [-0.4, -0.2) is 0 Å². The Morgan fingerprint density at radius 2 is 1.00 bits per heavy atom. The van der Waals surface area contributed by atoms with Crippen molar-refractivity contribution in [2.75, 3.05) is 0 Å². The molecule has 4 aromatic rings. The zero-order valence-electron chi connectivity index (χ0n) is 36.6. The Bertz CT molecular complexity index is 1850. The van der Waals surface area contributed by atoms with E-state index in [1.54, 1.807) is 5.56 Å². The van der Waals surface area contributed by atoms with E-state index in [4.69, 9.17) is 17.0 Å². The molecule has 0 aromatic heterocycles. The van der Waals surface area contributed by atoms with Crippen LogP contribution in [0.15, 0.2) is 119 Å². The summed E-state index contributed by atoms with van der Waals surface area (Å²) in [6.07, 6.45) is 3.96. The molecule has 0 bridgehead atoms. The minimum absolute atomic E-state index is 0. The Kier molecular flexibility index (Phi) is 24.7. The maximum absolute atomic E-state index is 12.6. The summed E-state index contributed by atoms with van der Waals surface area (Å²) in [5.41, 5.74) is 11.7. The number of allylic oxidation sites excluding steroid dienone is 4. The van der Waals surface area contributed by atoms with Crippen molar-refractivity contribution in [1.82, 2.24) is 0 Å². The van der Waals surface area contributed by atoms with Crippen molar-refractivity contribution >= 4 is 38.5 Å². The topological polar surface area (TPSA) is 0 Å². The van der Waals surface area contributed by atoms with Gasteiger partial charge in [0, 0.05) is 4.47 Å². The molecule has 0 spiro atoms. The molecule has 7 rings (SSSR count). The molecule has 7 heteroatoms. The van der Waals surface area contributed by atoms with Crippen molar-refractivity contribution in [3.8, 4) is 0 Å². The average molecular weight is 978 g/mol. The van der Waals surface area contributed by atoms with Gasteiger partial charge in [-0.1, -0.05) is 156 Å². The predicted octanol–water partition coefficient (Wildman–Crippen LogP) is 18.2. The molecular weight excluding hydrogens is 912 g/mol. The van der Waals surface area contributed by atoms with Gasteiger partial charge < -0.3 is 14.9 Å². The fraction of sp³-hybridized carbons (Fsp3) is 0.412. The normalized spacial score (nSPS) is 21.7. The van der Waals surface area contributed by atoms with Gasteiger partial charge in [0.15, 0.2) is 0 Å². The third kappa shape index (κ3) is 18.0. The van der Waals surface area contributed by atoms with Gasteiger partial charge in [0.25, 0.3) is 0 Å². The van der Waals surface area contributed by atoms with Crippen molar-refractivity contribution < 1.29 is 34.0 Å². The van der Waals surface area contributed by atoms with E-state index in [-0.39, 0.29) is 14.9 Å². The molecule has 2 fully saturated rings. The second-order valence-corrected chi connectivity index (χ2v) is 21.0. The molecule has 3 aliphatic carbocycles. The Labute approximate surface area is 378 Å². The number of hydrogen-bond donors (Lipinski definition) is 0. The molecule has 0 amide bonds. The molecule has 316 valence electrons. The summed E-state index contributed by atoms with van der Waals surface area (Å²) in [4.78, 5) is 0. The SMILES string of the molecule is CC1=C(C)CC(c2cccc(C)c2)=C1.CC1CC(c2cccc(C(F)(F)F)c2)CC1C.Cc1cccc(Br)c1.Cc1cccc(C2CC(C)C(C)C2)c1.[CH3-].[CH3-].[Cl][Zr+2][Cl]. The van der Waals surface area contributed by atoms with Crippen LogP contribution in [0.1, 0.15) is 124 Å². The number of halogens is 6. The molecular formula is C51H66BrCl2F3Zr. The standard InChI is InChI=1S/C14H17F3.C14H20.C14H16.C7H7Br.2CH3.2ClH.Zr/c1-9-6-12(7-10(9)2)11-4-3-5-13(8-11)14(15,16)17;2*1-10-5-4-6-13(7-10)14-8-11(2)12(3)9-14;1-6-3-2-4-7(8)5-6;;;;;/h3-5,8-10,12H,6-7H2,1-2H3;4-7,11-12,14H,8-9H2,1-3H3;4-8H,9H2,1-3H3;2-5H,1H3;2*1H3;2*1H;/q;;;;2*-1;;;+4/p-2. The van der Waals surface area contributed by atoms with Crippen LogP contribution in [0, 0.1) is 59.3 Å². The molecule has 0 aliphatic heterocycles. The van der Waals surface area contributed by atoms with E-state index in [9.17, 15) is 13.2 Å². The van der Waals surface area contributed by atoms with Gasteiger partial charge in [0.05, 0.1) is 5.56 Å². The van der Waals surface area contributed by atoms with Crippen LogP contribution in [0.2, 0.25) is 0 Å². The van der Waals surface area contributed by atoms with Gasteiger partial charge in [-0.25, -0.2) is 0 Å². The predicted molar refractivity (Wildman–Crippen MR) is 249 cm³/mol. The fourth-order valence-corrected chi connectivity index (χ4v) is 8.36. The van der Waals surface area contributed by atoms with Gasteiger partial charge >= 0.3 is 44.1 Å². The third-order valence-corrected chi connectivity index (χ3v) is 12.1. The van der Waals surface area contributed by atoms with Gasteiger partial charge in [-0.3, -0.25) is 0 Å². The van der Waals surface area contributed by atoms with Gasteiger partial charge in [-0.15, -0.1) is 0 Å². The fourth-order valence-electron chi connectivity index (χ4n) is 7.85. The number of hydrogen-bond acceptors (Lipinski definition) is 0. The van der Waals surface area contributed by atoms with Crippen molar-refractivity contribution in [2.24, 2.45) is 23.7 Å². The second kappa shape index (κ2) is 26.4. The first-order chi connectivity index (χ1) is 26.4. The molecule has 4 unspecified atom stereocenters. The van der Waals surface area contributed by atoms with E-state index < -0.39 is 32.6 Å². The molecule has 2 saturated carbocycles. The van der Waals surface area contributed by atoms with Crippen LogP contribution in [0.3, 0.4) is 0 Å². The van der Waals surface area contributed by atoms with Crippen LogP contribution in [-0.2, 0) is 27.0 Å². The molecule has 0 nitrogen and oxygen atoms in total.